The van der Waals surface area contributed by atoms with Crippen LogP contribution in [-0.4, -0.2) is 23.7 Å². The van der Waals surface area contributed by atoms with Crippen LogP contribution in [0.15, 0.2) is 30.6 Å². The van der Waals surface area contributed by atoms with E-state index in [2.05, 4.69) is 10.3 Å². The van der Waals surface area contributed by atoms with Crippen molar-refractivity contribution in [1.82, 2.24) is 14.9 Å². The summed E-state index contributed by atoms with van der Waals surface area (Å²) in [4.78, 5) is 4.27. The van der Waals surface area contributed by atoms with Crippen molar-refractivity contribution in [2.75, 3.05) is 14.2 Å². The fourth-order valence-corrected chi connectivity index (χ4v) is 2.16. The van der Waals surface area contributed by atoms with E-state index in [1.54, 1.807) is 32.5 Å². The number of aromatic nitrogens is 2. The molecule has 1 aromatic carbocycles. The number of methoxy groups -OCH3 is 1. The Balaban J connectivity index is 2.34. The van der Waals surface area contributed by atoms with Crippen LogP contribution in [0.3, 0.4) is 0 Å². The Morgan fingerprint density at radius 2 is 2.26 bits per heavy atom. The van der Waals surface area contributed by atoms with Gasteiger partial charge in [-0.1, -0.05) is 6.07 Å². The Bertz CT molecular complexity index is 553. The zero-order valence-corrected chi connectivity index (χ0v) is 11.4. The van der Waals surface area contributed by atoms with E-state index in [0.29, 0.717) is 17.7 Å². The number of benzene rings is 1. The van der Waals surface area contributed by atoms with Crippen molar-refractivity contribution in [3.8, 4) is 5.75 Å². The number of likely N-dealkylation sites (N-methyl/N-ethyl adjacent to an activating group) is 1. The van der Waals surface area contributed by atoms with Gasteiger partial charge in [0.15, 0.2) is 0 Å². The minimum Gasteiger partial charge on any atom is -0.496 e. The van der Waals surface area contributed by atoms with Crippen LogP contribution in [0.2, 0.25) is 0 Å². The third-order valence-electron chi connectivity index (χ3n) is 3.24. The number of nitrogens with one attached hydrogen (secondary N) is 1. The maximum atomic E-state index is 14.1. The monoisotopic (exact) mass is 263 g/mol. The first kappa shape index (κ1) is 13.5. The highest BCUT2D eigenvalue weighted by Gasteiger charge is 2.20. The van der Waals surface area contributed by atoms with Crippen LogP contribution in [0.5, 0.6) is 5.75 Å². The highest BCUT2D eigenvalue weighted by molar-refractivity contribution is 5.37. The molecule has 0 aliphatic carbocycles. The molecule has 2 rings (SSSR count). The zero-order chi connectivity index (χ0) is 13.8. The molecule has 102 valence electrons. The molecular weight excluding hydrogens is 245 g/mol. The van der Waals surface area contributed by atoms with Gasteiger partial charge in [0.2, 0.25) is 0 Å². The van der Waals surface area contributed by atoms with Crippen molar-refractivity contribution in [3.63, 3.8) is 0 Å². The lowest BCUT2D eigenvalue weighted by Gasteiger charge is -2.19. The lowest BCUT2D eigenvalue weighted by atomic mass is 10.0. The molecule has 19 heavy (non-hydrogen) atoms. The molecule has 0 radical (unpaired) electrons. The summed E-state index contributed by atoms with van der Waals surface area (Å²) < 4.78 is 21.2. The Morgan fingerprint density at radius 3 is 2.84 bits per heavy atom. The van der Waals surface area contributed by atoms with E-state index < -0.39 is 0 Å². The average Bonchev–Trinajstić information content (AvgIpc) is 2.81. The van der Waals surface area contributed by atoms with Crippen LogP contribution in [0, 0.1) is 5.82 Å². The predicted octanol–water partition coefficient (Wildman–Crippen LogP) is 2.07. The standard InChI is InChI=1S/C14H18FN3O/c1-16-11(9-13-17-7-8-18(13)2)14-10(15)5-4-6-12(14)19-3/h4-8,11,16H,9H2,1-3H3. The molecule has 4 nitrogen and oxygen atoms in total. The molecule has 1 aromatic heterocycles. The van der Waals surface area contributed by atoms with E-state index in [1.165, 1.54) is 6.07 Å². The second-order valence-corrected chi connectivity index (χ2v) is 4.36. The van der Waals surface area contributed by atoms with Gasteiger partial charge in [-0.3, -0.25) is 0 Å². The molecule has 0 fully saturated rings. The van der Waals surface area contributed by atoms with Gasteiger partial charge in [0.1, 0.15) is 17.4 Å². The summed E-state index contributed by atoms with van der Waals surface area (Å²) in [6, 6.07) is 4.67. The minimum atomic E-state index is -0.270. The van der Waals surface area contributed by atoms with Crippen LogP contribution in [0.4, 0.5) is 4.39 Å². The van der Waals surface area contributed by atoms with Crippen LogP contribution < -0.4 is 10.1 Å². The Hall–Kier alpha value is -1.88. The second-order valence-electron chi connectivity index (χ2n) is 4.36. The van der Waals surface area contributed by atoms with Crippen molar-refractivity contribution in [1.29, 1.82) is 0 Å². The van der Waals surface area contributed by atoms with E-state index in [0.717, 1.165) is 5.82 Å². The summed E-state index contributed by atoms with van der Waals surface area (Å²) in [5.74, 6) is 1.17. The largest absolute Gasteiger partial charge is 0.496 e. The Labute approximate surface area is 112 Å². The lowest BCUT2D eigenvalue weighted by Crippen LogP contribution is -2.22. The minimum absolute atomic E-state index is 0.183. The molecule has 0 saturated carbocycles. The molecule has 0 aliphatic heterocycles. The number of imidazole rings is 1. The molecule has 1 heterocycles. The van der Waals surface area contributed by atoms with Gasteiger partial charge in [-0.05, 0) is 19.2 Å². The number of halogens is 1. The van der Waals surface area contributed by atoms with E-state index in [1.807, 2.05) is 17.8 Å². The molecule has 0 aliphatic rings. The molecule has 0 spiro atoms. The maximum absolute atomic E-state index is 14.1. The van der Waals surface area contributed by atoms with Gasteiger partial charge in [-0.2, -0.15) is 0 Å². The van der Waals surface area contributed by atoms with E-state index in [-0.39, 0.29) is 11.9 Å². The first-order valence-corrected chi connectivity index (χ1v) is 6.13. The summed E-state index contributed by atoms with van der Waals surface area (Å²) in [7, 11) is 5.28. The Morgan fingerprint density at radius 1 is 1.47 bits per heavy atom. The quantitative estimate of drug-likeness (QED) is 0.897. The normalized spacial score (nSPS) is 12.4. The molecule has 0 saturated heterocycles. The van der Waals surface area contributed by atoms with Gasteiger partial charge in [0.05, 0.1) is 7.11 Å². The average molecular weight is 263 g/mol. The van der Waals surface area contributed by atoms with E-state index in [9.17, 15) is 4.39 Å². The fraction of sp³-hybridized carbons (Fsp3) is 0.357. The van der Waals surface area contributed by atoms with Gasteiger partial charge in [-0.15, -0.1) is 0 Å². The first-order valence-electron chi connectivity index (χ1n) is 6.13. The van der Waals surface area contributed by atoms with Crippen LogP contribution >= 0.6 is 0 Å². The SMILES string of the molecule is CNC(Cc1nccn1C)c1c(F)cccc1OC. The van der Waals surface area contributed by atoms with Crippen LogP contribution in [-0.2, 0) is 13.5 Å². The zero-order valence-electron chi connectivity index (χ0n) is 11.4. The molecule has 0 amide bonds. The molecule has 2 aromatic rings. The maximum Gasteiger partial charge on any atom is 0.131 e. The molecule has 1 unspecified atom stereocenters. The molecular formula is C14H18FN3O. The van der Waals surface area contributed by atoms with Crippen molar-refractivity contribution in [2.45, 2.75) is 12.5 Å². The van der Waals surface area contributed by atoms with Crippen LogP contribution in [0.1, 0.15) is 17.4 Å². The lowest BCUT2D eigenvalue weighted by molar-refractivity contribution is 0.392. The van der Waals surface area contributed by atoms with Gasteiger partial charge in [0.25, 0.3) is 0 Å². The summed E-state index contributed by atoms with van der Waals surface area (Å²) in [6.45, 7) is 0. The highest BCUT2D eigenvalue weighted by Crippen LogP contribution is 2.29. The summed E-state index contributed by atoms with van der Waals surface area (Å²) in [5.41, 5.74) is 0.538. The van der Waals surface area contributed by atoms with Gasteiger partial charge < -0.3 is 14.6 Å². The van der Waals surface area contributed by atoms with Gasteiger partial charge in [0, 0.05) is 37.5 Å². The summed E-state index contributed by atoms with van der Waals surface area (Å²) >= 11 is 0. The number of ether oxygens (including phenoxy) is 1. The Kier molecular flexibility index (Phi) is 4.16. The molecule has 5 heteroatoms. The third-order valence-corrected chi connectivity index (χ3v) is 3.24. The predicted molar refractivity (Wildman–Crippen MR) is 71.7 cm³/mol. The summed E-state index contributed by atoms with van der Waals surface area (Å²) in [6.07, 6.45) is 4.21. The second kappa shape index (κ2) is 5.84. The van der Waals surface area contributed by atoms with Crippen molar-refractivity contribution in [3.05, 3.63) is 47.8 Å². The highest BCUT2D eigenvalue weighted by atomic mass is 19.1. The molecule has 1 N–H and O–H groups in total. The first-order chi connectivity index (χ1) is 9.17. The van der Waals surface area contributed by atoms with Crippen molar-refractivity contribution in [2.24, 2.45) is 7.05 Å². The topological polar surface area (TPSA) is 39.1 Å². The number of hydrogen-bond acceptors (Lipinski definition) is 3. The number of aryl methyl sites for hydroxylation is 1. The molecule has 0 bridgehead atoms. The van der Waals surface area contributed by atoms with Crippen LogP contribution in [0.25, 0.3) is 0 Å². The van der Waals surface area contributed by atoms with Crippen molar-refractivity contribution >= 4 is 0 Å². The smallest absolute Gasteiger partial charge is 0.131 e. The van der Waals surface area contributed by atoms with E-state index >= 15 is 0 Å². The third kappa shape index (κ3) is 2.76. The summed E-state index contributed by atoms with van der Waals surface area (Å²) in [5, 5.41) is 3.13. The van der Waals surface area contributed by atoms with Gasteiger partial charge >= 0.3 is 0 Å². The van der Waals surface area contributed by atoms with Gasteiger partial charge in [-0.25, -0.2) is 9.37 Å². The number of hydrogen-bond donors (Lipinski definition) is 1. The van der Waals surface area contributed by atoms with E-state index in [4.69, 9.17) is 4.74 Å². The van der Waals surface area contributed by atoms with Crippen molar-refractivity contribution < 1.29 is 9.13 Å². The molecule has 1 atom stereocenters. The number of nitrogens with zero attached hydrogens (tertiary/aromatic N) is 2. The fourth-order valence-electron chi connectivity index (χ4n) is 2.16. The number of rotatable bonds is 5.